The molecule has 2 atom stereocenters. The molecule has 2 aromatic rings. The summed E-state index contributed by atoms with van der Waals surface area (Å²) in [7, 11) is -0.508. The van der Waals surface area contributed by atoms with Crippen LogP contribution in [0.5, 0.6) is 5.75 Å². The van der Waals surface area contributed by atoms with Crippen molar-refractivity contribution in [2.75, 3.05) is 40.3 Å². The lowest BCUT2D eigenvalue weighted by Gasteiger charge is -2.34. The zero-order valence-electron chi connectivity index (χ0n) is 17.9. The van der Waals surface area contributed by atoms with Crippen LogP contribution < -0.4 is 10.1 Å². The van der Waals surface area contributed by atoms with Gasteiger partial charge in [0.25, 0.3) is 0 Å². The first-order valence-electron chi connectivity index (χ1n) is 10.1. The van der Waals surface area contributed by atoms with Crippen LogP contribution in [0.15, 0.2) is 47.4 Å². The van der Waals surface area contributed by atoms with E-state index in [4.69, 9.17) is 4.74 Å². The molecule has 164 valence electrons. The first-order valence-corrected chi connectivity index (χ1v) is 11.5. The Morgan fingerprint density at radius 3 is 2.53 bits per heavy atom. The highest BCUT2D eigenvalue weighted by molar-refractivity contribution is 7.89. The monoisotopic (exact) mass is 435 g/mol. The van der Waals surface area contributed by atoms with E-state index in [0.29, 0.717) is 23.9 Å². The molecule has 2 aromatic carbocycles. The predicted octanol–water partition coefficient (Wildman–Crippen LogP) is 2.80. The van der Waals surface area contributed by atoms with Gasteiger partial charge in [0.05, 0.1) is 4.90 Å². The topological polar surface area (TPSA) is 61.9 Å². The van der Waals surface area contributed by atoms with Crippen LogP contribution in [-0.2, 0) is 10.0 Å². The molecule has 0 radical (unpaired) electrons. The van der Waals surface area contributed by atoms with E-state index in [2.05, 4.69) is 17.1 Å². The highest BCUT2D eigenvalue weighted by Gasteiger charge is 2.23. The molecule has 0 aliphatic carbocycles. The molecule has 1 fully saturated rings. The Morgan fingerprint density at radius 2 is 1.93 bits per heavy atom. The Morgan fingerprint density at radius 1 is 1.23 bits per heavy atom. The maximum Gasteiger partial charge on any atom is 0.242 e. The number of rotatable bonds is 7. The Kier molecular flexibility index (Phi) is 7.13. The van der Waals surface area contributed by atoms with Gasteiger partial charge in [-0.3, -0.25) is 4.90 Å². The Bertz CT molecular complexity index is 964. The number of nitrogens with one attached hydrogen (secondary N) is 1. The van der Waals surface area contributed by atoms with Crippen LogP contribution in [0.2, 0.25) is 0 Å². The number of benzene rings is 2. The summed E-state index contributed by atoms with van der Waals surface area (Å²) in [6, 6.07) is 11.9. The van der Waals surface area contributed by atoms with Gasteiger partial charge in [-0.15, -0.1) is 0 Å². The fourth-order valence-electron chi connectivity index (χ4n) is 3.50. The fourth-order valence-corrected chi connectivity index (χ4v) is 4.40. The number of ether oxygens (including phenoxy) is 1. The molecule has 8 heteroatoms. The molecule has 0 bridgehead atoms. The summed E-state index contributed by atoms with van der Waals surface area (Å²) < 4.78 is 46.2. The quantitative estimate of drug-likeness (QED) is 0.725. The number of sulfonamides is 1. The van der Waals surface area contributed by atoms with Gasteiger partial charge in [-0.1, -0.05) is 12.1 Å². The van der Waals surface area contributed by atoms with Gasteiger partial charge in [-0.2, -0.15) is 0 Å². The zero-order chi connectivity index (χ0) is 21.9. The molecule has 0 saturated carbocycles. The summed E-state index contributed by atoms with van der Waals surface area (Å²) in [5.74, 6) is 0.282. The summed E-state index contributed by atoms with van der Waals surface area (Å²) in [6.07, 6.45) is -0.373. The second-order valence-corrected chi connectivity index (χ2v) is 10.1. The third-order valence-corrected chi connectivity index (χ3v) is 7.15. The van der Waals surface area contributed by atoms with Crippen molar-refractivity contribution in [3.63, 3.8) is 0 Å². The molecular formula is C22H30FN3O3S. The first-order chi connectivity index (χ1) is 14.2. The molecule has 0 unspecified atom stereocenters. The Labute approximate surface area is 178 Å². The van der Waals surface area contributed by atoms with Gasteiger partial charge in [-0.25, -0.2) is 17.1 Å². The summed E-state index contributed by atoms with van der Waals surface area (Å²) in [5, 5.41) is 3.42. The number of halogens is 1. The normalized spacial score (nSPS) is 19.1. The van der Waals surface area contributed by atoms with Crippen LogP contribution in [0.25, 0.3) is 0 Å². The second kappa shape index (κ2) is 9.43. The number of nitrogens with zero attached hydrogens (tertiary/aromatic N) is 2. The molecule has 0 aromatic heterocycles. The third kappa shape index (κ3) is 5.37. The van der Waals surface area contributed by atoms with Crippen molar-refractivity contribution in [1.82, 2.24) is 14.5 Å². The van der Waals surface area contributed by atoms with Crippen molar-refractivity contribution in [2.24, 2.45) is 0 Å². The van der Waals surface area contributed by atoms with Crippen LogP contribution in [0.3, 0.4) is 0 Å². The Hall–Kier alpha value is -2.00. The van der Waals surface area contributed by atoms with Gasteiger partial charge in [0.15, 0.2) is 0 Å². The highest BCUT2D eigenvalue weighted by atomic mass is 32.2. The lowest BCUT2D eigenvalue weighted by Crippen LogP contribution is -2.50. The molecule has 0 amide bonds. The average molecular weight is 436 g/mol. The second-order valence-electron chi connectivity index (χ2n) is 7.99. The Balaban J connectivity index is 1.83. The molecule has 1 N–H and O–H groups in total. The fraction of sp³-hybridized carbons (Fsp3) is 0.455. The van der Waals surface area contributed by atoms with E-state index >= 15 is 0 Å². The van der Waals surface area contributed by atoms with E-state index in [1.165, 1.54) is 36.6 Å². The van der Waals surface area contributed by atoms with Crippen molar-refractivity contribution in [3.05, 3.63) is 59.4 Å². The number of hydrogen-bond donors (Lipinski definition) is 1. The van der Waals surface area contributed by atoms with Crippen molar-refractivity contribution in [1.29, 1.82) is 0 Å². The SMILES string of the molecule is Cc1ccc([C@@H](CN2CCN[C@H](C)C2)Oc2ccc(S(=O)(=O)N(C)C)cc2)cc1F. The van der Waals surface area contributed by atoms with Gasteiger partial charge in [0.2, 0.25) is 10.0 Å². The number of piperazine rings is 1. The van der Waals surface area contributed by atoms with Crippen molar-refractivity contribution < 1.29 is 17.5 Å². The van der Waals surface area contributed by atoms with Gasteiger partial charge < -0.3 is 10.1 Å². The molecule has 3 rings (SSSR count). The van der Waals surface area contributed by atoms with Crippen LogP contribution >= 0.6 is 0 Å². The van der Waals surface area contributed by atoms with E-state index in [1.54, 1.807) is 25.1 Å². The predicted molar refractivity (Wildman–Crippen MR) is 116 cm³/mol. The van der Waals surface area contributed by atoms with E-state index in [0.717, 1.165) is 25.2 Å². The van der Waals surface area contributed by atoms with Gasteiger partial charge in [0, 0.05) is 46.3 Å². The largest absolute Gasteiger partial charge is 0.484 e. The number of aryl methyl sites for hydroxylation is 1. The minimum Gasteiger partial charge on any atom is -0.484 e. The third-order valence-electron chi connectivity index (χ3n) is 5.33. The highest BCUT2D eigenvalue weighted by Crippen LogP contribution is 2.26. The standard InChI is InChI=1S/C22H30FN3O3S/c1-16-5-6-18(13-21(16)23)22(15-26-12-11-24-17(2)14-26)29-19-7-9-20(10-8-19)30(27,28)25(3)4/h5-10,13,17,22,24H,11-12,14-15H2,1-4H3/t17-,22-/m1/s1. The summed E-state index contributed by atoms with van der Waals surface area (Å²) in [4.78, 5) is 2.50. The van der Waals surface area contributed by atoms with Crippen molar-refractivity contribution in [3.8, 4) is 5.75 Å². The van der Waals surface area contributed by atoms with Crippen molar-refractivity contribution >= 4 is 10.0 Å². The first kappa shape index (κ1) is 22.7. The van der Waals surface area contributed by atoms with Crippen LogP contribution in [0.4, 0.5) is 4.39 Å². The molecular weight excluding hydrogens is 405 g/mol. The lowest BCUT2D eigenvalue weighted by molar-refractivity contribution is 0.112. The van der Waals surface area contributed by atoms with Crippen molar-refractivity contribution in [2.45, 2.75) is 30.9 Å². The van der Waals surface area contributed by atoms with Crippen LogP contribution in [0.1, 0.15) is 24.2 Å². The molecule has 1 aliphatic rings. The molecule has 30 heavy (non-hydrogen) atoms. The summed E-state index contributed by atoms with van der Waals surface area (Å²) in [5.41, 5.74) is 1.35. The molecule has 1 heterocycles. The lowest BCUT2D eigenvalue weighted by atomic mass is 10.1. The van der Waals surface area contributed by atoms with Gasteiger partial charge in [-0.05, 0) is 55.3 Å². The maximum atomic E-state index is 14.2. The molecule has 0 spiro atoms. The van der Waals surface area contributed by atoms with E-state index in [1.807, 2.05) is 6.07 Å². The zero-order valence-corrected chi connectivity index (χ0v) is 18.7. The smallest absolute Gasteiger partial charge is 0.242 e. The van der Waals surface area contributed by atoms with Gasteiger partial charge in [0.1, 0.15) is 17.7 Å². The average Bonchev–Trinajstić information content (AvgIpc) is 2.70. The minimum absolute atomic E-state index is 0.203. The van der Waals surface area contributed by atoms with E-state index < -0.39 is 10.0 Å². The maximum absolute atomic E-state index is 14.2. The number of hydrogen-bond acceptors (Lipinski definition) is 5. The van der Waals surface area contributed by atoms with E-state index in [9.17, 15) is 12.8 Å². The van der Waals surface area contributed by atoms with E-state index in [-0.39, 0.29) is 16.8 Å². The summed E-state index contributed by atoms with van der Waals surface area (Å²) >= 11 is 0. The van der Waals surface area contributed by atoms with Crippen LogP contribution in [-0.4, -0.2) is 63.9 Å². The molecule has 1 aliphatic heterocycles. The minimum atomic E-state index is -3.50. The van der Waals surface area contributed by atoms with Gasteiger partial charge >= 0.3 is 0 Å². The summed E-state index contributed by atoms with van der Waals surface area (Å²) in [6.45, 7) is 7.15. The molecule has 6 nitrogen and oxygen atoms in total. The van der Waals surface area contributed by atoms with Crippen LogP contribution in [0, 0.1) is 12.7 Å². The molecule has 1 saturated heterocycles.